The number of para-hydroxylation sites is 1. The molecule has 0 unspecified atom stereocenters. The van der Waals surface area contributed by atoms with Crippen molar-refractivity contribution in [1.29, 1.82) is 0 Å². The number of nitrogens with one attached hydrogen (secondary N) is 1. The molecule has 3 nitrogen and oxygen atoms in total. The van der Waals surface area contributed by atoms with Gasteiger partial charge in [0.1, 0.15) is 0 Å². The summed E-state index contributed by atoms with van der Waals surface area (Å²) in [6.45, 7) is 0.634. The molecular weight excluding hydrogens is 296 g/mol. The Hall–Kier alpha value is -2.52. The summed E-state index contributed by atoms with van der Waals surface area (Å²) in [6.07, 6.45) is 1.86. The highest BCUT2D eigenvalue weighted by molar-refractivity contribution is 6.30. The molecule has 4 heteroatoms. The Morgan fingerprint density at radius 1 is 0.909 bits per heavy atom. The molecule has 0 saturated heterocycles. The van der Waals surface area contributed by atoms with Crippen LogP contribution >= 0.6 is 11.6 Å². The van der Waals surface area contributed by atoms with Crippen LogP contribution in [0.3, 0.4) is 0 Å². The average molecular weight is 311 g/mol. The van der Waals surface area contributed by atoms with Gasteiger partial charge in [-0.1, -0.05) is 35.9 Å². The van der Waals surface area contributed by atoms with Crippen LogP contribution in [0, 0.1) is 0 Å². The van der Waals surface area contributed by atoms with E-state index in [-0.39, 0.29) is 5.56 Å². The molecule has 3 aromatic rings. The number of hydrogen-bond donors (Lipinski definition) is 1. The first-order chi connectivity index (χ1) is 10.7. The van der Waals surface area contributed by atoms with Crippen LogP contribution in [0.15, 0.2) is 77.7 Å². The molecule has 2 aromatic carbocycles. The first-order valence-corrected chi connectivity index (χ1v) is 7.36. The second-order valence-corrected chi connectivity index (χ2v) is 5.38. The van der Waals surface area contributed by atoms with Gasteiger partial charge in [-0.2, -0.15) is 0 Å². The smallest absolute Gasteiger partial charge is 0.255 e. The van der Waals surface area contributed by atoms with E-state index < -0.39 is 0 Å². The maximum absolute atomic E-state index is 12.0. The predicted octanol–water partition coefficient (Wildman–Crippen LogP) is 4.10. The molecule has 0 radical (unpaired) electrons. The van der Waals surface area contributed by atoms with Gasteiger partial charge in [-0.15, -0.1) is 0 Å². The number of hydrogen-bond acceptors (Lipinski definition) is 2. The van der Waals surface area contributed by atoms with E-state index in [1.807, 2.05) is 66.9 Å². The minimum Gasteiger partial charge on any atom is -0.381 e. The van der Waals surface area contributed by atoms with Gasteiger partial charge < -0.3 is 5.32 Å². The van der Waals surface area contributed by atoms with Crippen molar-refractivity contribution in [2.45, 2.75) is 6.54 Å². The van der Waals surface area contributed by atoms with Crippen molar-refractivity contribution in [3.63, 3.8) is 0 Å². The van der Waals surface area contributed by atoms with Gasteiger partial charge in [0.25, 0.3) is 5.56 Å². The molecule has 0 aliphatic heterocycles. The van der Waals surface area contributed by atoms with Crippen molar-refractivity contribution in [3.8, 4) is 5.69 Å². The summed E-state index contributed by atoms with van der Waals surface area (Å²) in [5.41, 5.74) is 2.84. The highest BCUT2D eigenvalue weighted by Crippen LogP contribution is 2.14. The lowest BCUT2D eigenvalue weighted by molar-refractivity contribution is 0.955. The van der Waals surface area contributed by atoms with E-state index in [0.29, 0.717) is 11.6 Å². The Balaban J connectivity index is 1.80. The number of pyridine rings is 1. The van der Waals surface area contributed by atoms with Gasteiger partial charge >= 0.3 is 0 Å². The van der Waals surface area contributed by atoms with Crippen LogP contribution in [-0.4, -0.2) is 4.57 Å². The molecule has 0 aliphatic rings. The molecule has 0 bridgehead atoms. The Labute approximate surface area is 133 Å². The van der Waals surface area contributed by atoms with Crippen molar-refractivity contribution < 1.29 is 0 Å². The van der Waals surface area contributed by atoms with Gasteiger partial charge in [0.2, 0.25) is 0 Å². The van der Waals surface area contributed by atoms with Gasteiger partial charge in [0, 0.05) is 35.2 Å². The fourth-order valence-electron chi connectivity index (χ4n) is 2.20. The van der Waals surface area contributed by atoms with Gasteiger partial charge in [0.15, 0.2) is 0 Å². The van der Waals surface area contributed by atoms with Crippen molar-refractivity contribution in [2.24, 2.45) is 0 Å². The summed E-state index contributed by atoms with van der Waals surface area (Å²) in [4.78, 5) is 12.0. The Kier molecular flexibility index (Phi) is 4.26. The van der Waals surface area contributed by atoms with Crippen LogP contribution in [0.4, 0.5) is 5.69 Å². The first kappa shape index (κ1) is 14.4. The second kappa shape index (κ2) is 6.50. The van der Waals surface area contributed by atoms with E-state index in [2.05, 4.69) is 5.32 Å². The third-order valence-corrected chi connectivity index (χ3v) is 3.60. The van der Waals surface area contributed by atoms with Crippen LogP contribution < -0.4 is 10.9 Å². The van der Waals surface area contributed by atoms with Crippen LogP contribution in [0.5, 0.6) is 0 Å². The Bertz CT molecular complexity index is 810. The number of halogens is 1. The molecule has 1 aromatic heterocycles. The molecule has 1 heterocycles. The van der Waals surface area contributed by atoms with Crippen LogP contribution in [0.1, 0.15) is 5.56 Å². The zero-order valence-electron chi connectivity index (χ0n) is 11.9. The van der Waals surface area contributed by atoms with E-state index in [9.17, 15) is 4.79 Å². The fraction of sp³-hybridized carbons (Fsp3) is 0.0556. The van der Waals surface area contributed by atoms with Gasteiger partial charge in [-0.05, 0) is 42.0 Å². The SMILES string of the molecule is O=c1ccc(CNc2ccc(Cl)cc2)cn1-c1ccccc1. The summed E-state index contributed by atoms with van der Waals surface area (Å²) in [6, 6.07) is 20.6. The molecule has 1 N–H and O–H groups in total. The zero-order chi connectivity index (χ0) is 15.4. The van der Waals surface area contributed by atoms with E-state index in [4.69, 9.17) is 11.6 Å². The molecule has 110 valence electrons. The van der Waals surface area contributed by atoms with Crippen molar-refractivity contribution in [3.05, 3.63) is 93.9 Å². The van der Waals surface area contributed by atoms with E-state index in [1.165, 1.54) is 0 Å². The summed E-state index contributed by atoms with van der Waals surface area (Å²) >= 11 is 5.87. The van der Waals surface area contributed by atoms with E-state index >= 15 is 0 Å². The van der Waals surface area contributed by atoms with Crippen LogP contribution in [0.2, 0.25) is 5.02 Å². The lowest BCUT2D eigenvalue weighted by atomic mass is 10.2. The third kappa shape index (κ3) is 3.38. The standard InChI is InChI=1S/C18H15ClN2O/c19-15-7-9-16(10-8-15)20-12-14-6-11-18(22)21(13-14)17-4-2-1-3-5-17/h1-11,13,20H,12H2. The quantitative estimate of drug-likeness (QED) is 0.787. The first-order valence-electron chi connectivity index (χ1n) is 6.99. The van der Waals surface area contributed by atoms with Crippen molar-refractivity contribution in [2.75, 3.05) is 5.32 Å². The monoisotopic (exact) mass is 310 g/mol. The van der Waals surface area contributed by atoms with E-state index in [0.717, 1.165) is 16.9 Å². The molecule has 3 rings (SSSR count). The molecule has 0 amide bonds. The normalized spacial score (nSPS) is 10.4. The van der Waals surface area contributed by atoms with Gasteiger partial charge in [-0.3, -0.25) is 9.36 Å². The van der Waals surface area contributed by atoms with Gasteiger partial charge in [-0.25, -0.2) is 0 Å². The highest BCUT2D eigenvalue weighted by atomic mass is 35.5. The minimum atomic E-state index is -0.0403. The lowest BCUT2D eigenvalue weighted by Gasteiger charge is -2.10. The summed E-state index contributed by atoms with van der Waals surface area (Å²) in [5, 5.41) is 4.02. The number of aromatic nitrogens is 1. The summed E-state index contributed by atoms with van der Waals surface area (Å²) < 4.78 is 1.65. The fourth-order valence-corrected chi connectivity index (χ4v) is 2.32. The lowest BCUT2D eigenvalue weighted by Crippen LogP contribution is -2.17. The summed E-state index contributed by atoms with van der Waals surface area (Å²) in [5.74, 6) is 0. The summed E-state index contributed by atoms with van der Waals surface area (Å²) in [7, 11) is 0. The highest BCUT2D eigenvalue weighted by Gasteiger charge is 2.01. The van der Waals surface area contributed by atoms with Gasteiger partial charge in [0.05, 0.1) is 0 Å². The zero-order valence-corrected chi connectivity index (χ0v) is 12.6. The predicted molar refractivity (Wildman–Crippen MR) is 90.8 cm³/mol. The Morgan fingerprint density at radius 2 is 1.64 bits per heavy atom. The van der Waals surface area contributed by atoms with Crippen LogP contribution in [-0.2, 0) is 6.54 Å². The largest absolute Gasteiger partial charge is 0.381 e. The topological polar surface area (TPSA) is 34.0 Å². The number of nitrogens with zero attached hydrogens (tertiary/aromatic N) is 1. The van der Waals surface area contributed by atoms with E-state index in [1.54, 1.807) is 10.6 Å². The number of benzene rings is 2. The maximum atomic E-state index is 12.0. The van der Waals surface area contributed by atoms with Crippen molar-refractivity contribution in [1.82, 2.24) is 4.57 Å². The molecular formula is C18H15ClN2O. The maximum Gasteiger partial charge on any atom is 0.255 e. The molecule has 0 saturated carbocycles. The van der Waals surface area contributed by atoms with Crippen LogP contribution in [0.25, 0.3) is 5.69 Å². The molecule has 0 fully saturated rings. The number of rotatable bonds is 4. The number of anilines is 1. The average Bonchev–Trinajstić information content (AvgIpc) is 2.56. The molecule has 0 spiro atoms. The molecule has 22 heavy (non-hydrogen) atoms. The molecule has 0 atom stereocenters. The van der Waals surface area contributed by atoms with Crippen molar-refractivity contribution >= 4 is 17.3 Å². The Morgan fingerprint density at radius 3 is 2.36 bits per heavy atom. The second-order valence-electron chi connectivity index (χ2n) is 4.94. The minimum absolute atomic E-state index is 0.0403. The molecule has 0 aliphatic carbocycles. The third-order valence-electron chi connectivity index (χ3n) is 3.35.